The molecule has 0 saturated heterocycles. The molecule has 0 aromatic rings. The van der Waals surface area contributed by atoms with E-state index in [1.807, 2.05) is 0 Å². The second-order valence-corrected chi connectivity index (χ2v) is 2.30. The molecule has 0 aromatic heterocycles. The van der Waals surface area contributed by atoms with Crippen LogP contribution < -0.4 is 5.32 Å². The van der Waals surface area contributed by atoms with Crippen molar-refractivity contribution in [1.82, 2.24) is 5.32 Å². The van der Waals surface area contributed by atoms with Crippen molar-refractivity contribution in [3.63, 3.8) is 0 Å². The molecule has 0 radical (unpaired) electrons. The minimum Gasteiger partial charge on any atom is -0.474 e. The number of amides is 1. The quantitative estimate of drug-likeness (QED) is 0.454. The second-order valence-electron chi connectivity index (χ2n) is 2.30. The Balaban J connectivity index is 3.54. The normalized spacial score (nSPS) is 12.2. The van der Waals surface area contributed by atoms with Crippen molar-refractivity contribution in [3.8, 4) is 0 Å². The maximum atomic E-state index is 10.4. The van der Waals surface area contributed by atoms with Crippen LogP contribution in [0.25, 0.3) is 0 Å². The Hall–Kier alpha value is -1.10. The zero-order valence-electron chi connectivity index (χ0n) is 6.20. The van der Waals surface area contributed by atoms with Gasteiger partial charge in [0.05, 0.1) is 0 Å². The van der Waals surface area contributed by atoms with Crippen molar-refractivity contribution in [2.45, 2.75) is 6.92 Å². The van der Waals surface area contributed by atoms with Crippen LogP contribution in [0, 0.1) is 5.92 Å². The molecule has 0 aliphatic carbocycles. The summed E-state index contributed by atoms with van der Waals surface area (Å²) in [7, 11) is 0. The number of carbonyl (C=O) groups excluding carboxylic acids is 1. The van der Waals surface area contributed by atoms with E-state index in [0.29, 0.717) is 0 Å². The van der Waals surface area contributed by atoms with E-state index < -0.39 is 11.9 Å². The van der Waals surface area contributed by atoms with Crippen molar-refractivity contribution in [3.05, 3.63) is 0 Å². The van der Waals surface area contributed by atoms with Gasteiger partial charge in [-0.05, 0) is 5.92 Å². The number of carboxylic acids is 1. The summed E-state index contributed by atoms with van der Waals surface area (Å²) in [6.45, 7) is 1.81. The lowest BCUT2D eigenvalue weighted by Gasteiger charge is -2.06. The molecule has 0 spiro atoms. The van der Waals surface area contributed by atoms with Crippen molar-refractivity contribution in [2.24, 2.45) is 5.92 Å². The Morgan fingerprint density at radius 1 is 1.55 bits per heavy atom. The van der Waals surface area contributed by atoms with E-state index in [1.54, 1.807) is 6.92 Å². The molecule has 0 fully saturated rings. The van der Waals surface area contributed by atoms with E-state index in [9.17, 15) is 9.59 Å². The third kappa shape index (κ3) is 4.32. The van der Waals surface area contributed by atoms with E-state index in [0.717, 1.165) is 0 Å². The van der Waals surface area contributed by atoms with Crippen LogP contribution in [0.15, 0.2) is 0 Å². The smallest absolute Gasteiger partial charge is 0.394 e. The van der Waals surface area contributed by atoms with Crippen LogP contribution in [0.5, 0.6) is 0 Å². The maximum Gasteiger partial charge on any atom is 0.394 e. The van der Waals surface area contributed by atoms with Crippen molar-refractivity contribution in [2.75, 3.05) is 13.2 Å². The number of aliphatic hydroxyl groups excluding tert-OH is 1. The predicted octanol–water partition coefficient (Wildman–Crippen LogP) is -1.18. The molecule has 0 aromatic carbocycles. The number of aliphatic carboxylic acids is 1. The van der Waals surface area contributed by atoms with Gasteiger partial charge in [-0.2, -0.15) is 0 Å². The van der Waals surface area contributed by atoms with Crippen LogP contribution in [0.4, 0.5) is 0 Å². The predicted molar refractivity (Wildman–Crippen MR) is 36.9 cm³/mol. The van der Waals surface area contributed by atoms with Crippen molar-refractivity contribution in [1.29, 1.82) is 0 Å². The summed E-state index contributed by atoms with van der Waals surface area (Å²) in [5, 5.41) is 18.7. The van der Waals surface area contributed by atoms with Crippen LogP contribution >= 0.6 is 0 Å². The summed E-state index contributed by atoms with van der Waals surface area (Å²) in [6, 6.07) is 0. The molecule has 0 aliphatic rings. The molecule has 0 rings (SSSR count). The van der Waals surface area contributed by atoms with Gasteiger partial charge in [-0.1, -0.05) is 6.92 Å². The SMILES string of the molecule is CC(CO)CNC(=O)C(=O)O. The van der Waals surface area contributed by atoms with E-state index in [4.69, 9.17) is 10.2 Å². The van der Waals surface area contributed by atoms with Crippen molar-refractivity contribution >= 4 is 11.9 Å². The van der Waals surface area contributed by atoms with Crippen LogP contribution in [0.3, 0.4) is 0 Å². The number of hydrogen-bond acceptors (Lipinski definition) is 3. The first-order chi connectivity index (χ1) is 5.07. The zero-order valence-corrected chi connectivity index (χ0v) is 6.20. The summed E-state index contributed by atoms with van der Waals surface area (Å²) >= 11 is 0. The second kappa shape index (κ2) is 4.68. The Kier molecular flexibility index (Phi) is 4.21. The third-order valence-electron chi connectivity index (χ3n) is 1.12. The molecule has 5 nitrogen and oxygen atoms in total. The van der Waals surface area contributed by atoms with Gasteiger partial charge in [-0.15, -0.1) is 0 Å². The summed E-state index contributed by atoms with van der Waals surface area (Å²) in [5.74, 6) is -2.65. The molecule has 0 aliphatic heterocycles. The largest absolute Gasteiger partial charge is 0.474 e. The molecule has 1 unspecified atom stereocenters. The van der Waals surface area contributed by atoms with Gasteiger partial charge >= 0.3 is 11.9 Å². The molecule has 5 heteroatoms. The Bertz CT molecular complexity index is 157. The summed E-state index contributed by atoms with van der Waals surface area (Å²) in [6.07, 6.45) is 0. The Labute approximate surface area is 64.0 Å². The number of nitrogens with one attached hydrogen (secondary N) is 1. The molecule has 1 atom stereocenters. The number of carbonyl (C=O) groups is 2. The van der Waals surface area contributed by atoms with E-state index in [2.05, 4.69) is 5.32 Å². The summed E-state index contributed by atoms with van der Waals surface area (Å²) < 4.78 is 0. The molecule has 0 bridgehead atoms. The van der Waals surface area contributed by atoms with Gasteiger partial charge in [0.1, 0.15) is 0 Å². The first-order valence-corrected chi connectivity index (χ1v) is 3.20. The van der Waals surface area contributed by atoms with Crippen LogP contribution in [0.1, 0.15) is 6.92 Å². The van der Waals surface area contributed by atoms with Gasteiger partial charge in [0.2, 0.25) is 0 Å². The lowest BCUT2D eigenvalue weighted by molar-refractivity contribution is -0.150. The minimum absolute atomic E-state index is 0.0695. The Morgan fingerprint density at radius 2 is 2.09 bits per heavy atom. The van der Waals surface area contributed by atoms with Gasteiger partial charge in [0.15, 0.2) is 0 Å². The third-order valence-corrected chi connectivity index (χ3v) is 1.12. The van der Waals surface area contributed by atoms with Gasteiger partial charge in [-0.3, -0.25) is 4.79 Å². The molecule has 1 amide bonds. The van der Waals surface area contributed by atoms with Crippen LogP contribution in [-0.2, 0) is 9.59 Å². The highest BCUT2D eigenvalue weighted by atomic mass is 16.4. The molecule has 3 N–H and O–H groups in total. The van der Waals surface area contributed by atoms with E-state index >= 15 is 0 Å². The standard InChI is InChI=1S/C6H11NO4/c1-4(3-8)2-7-5(9)6(10)11/h4,8H,2-3H2,1H3,(H,7,9)(H,10,11). The lowest BCUT2D eigenvalue weighted by atomic mass is 10.2. The first-order valence-electron chi connectivity index (χ1n) is 3.20. The summed E-state index contributed by atoms with van der Waals surface area (Å²) in [5.41, 5.74) is 0. The topological polar surface area (TPSA) is 86.6 Å². The maximum absolute atomic E-state index is 10.4. The fourth-order valence-electron chi connectivity index (χ4n) is 0.407. The van der Waals surface area contributed by atoms with Gasteiger partial charge in [-0.25, -0.2) is 4.79 Å². The lowest BCUT2D eigenvalue weighted by Crippen LogP contribution is -2.34. The zero-order chi connectivity index (χ0) is 8.85. The molecule has 64 valence electrons. The van der Waals surface area contributed by atoms with E-state index in [-0.39, 0.29) is 19.1 Å². The Morgan fingerprint density at radius 3 is 2.45 bits per heavy atom. The molecular formula is C6H11NO4. The fraction of sp³-hybridized carbons (Fsp3) is 0.667. The monoisotopic (exact) mass is 161 g/mol. The van der Waals surface area contributed by atoms with Gasteiger partial charge in [0.25, 0.3) is 0 Å². The number of hydrogen-bond donors (Lipinski definition) is 3. The van der Waals surface area contributed by atoms with Gasteiger partial charge in [0, 0.05) is 13.2 Å². The summed E-state index contributed by atoms with van der Waals surface area (Å²) in [4.78, 5) is 20.3. The average Bonchev–Trinajstić information content (AvgIpc) is 1.99. The first kappa shape index (κ1) is 9.90. The number of carboxylic acid groups (broad SMARTS) is 1. The highest BCUT2D eigenvalue weighted by molar-refractivity contribution is 6.31. The fourth-order valence-corrected chi connectivity index (χ4v) is 0.407. The molecular weight excluding hydrogens is 150 g/mol. The van der Waals surface area contributed by atoms with Crippen molar-refractivity contribution < 1.29 is 19.8 Å². The van der Waals surface area contributed by atoms with Crippen LogP contribution in [0.2, 0.25) is 0 Å². The minimum atomic E-state index is -1.50. The molecule has 11 heavy (non-hydrogen) atoms. The number of aliphatic hydroxyl groups is 1. The van der Waals surface area contributed by atoms with Gasteiger partial charge < -0.3 is 15.5 Å². The average molecular weight is 161 g/mol. The van der Waals surface area contributed by atoms with Crippen LogP contribution in [-0.4, -0.2) is 35.2 Å². The molecule has 0 heterocycles. The molecule has 0 saturated carbocycles. The van der Waals surface area contributed by atoms with E-state index in [1.165, 1.54) is 0 Å². The highest BCUT2D eigenvalue weighted by Crippen LogP contribution is 1.87. The number of rotatable bonds is 3. The highest BCUT2D eigenvalue weighted by Gasteiger charge is 2.10.